The van der Waals surface area contributed by atoms with E-state index in [0.29, 0.717) is 12.0 Å². The van der Waals surface area contributed by atoms with Gasteiger partial charge in [0.15, 0.2) is 0 Å². The average molecular weight is 284 g/mol. The van der Waals surface area contributed by atoms with Crippen LogP contribution in [0.2, 0.25) is 0 Å². The minimum atomic E-state index is -3.57. The molecule has 1 aromatic rings. The summed E-state index contributed by atoms with van der Waals surface area (Å²) in [6.07, 6.45) is 2.53. The minimum absolute atomic E-state index is 0.0750. The Labute approximate surface area is 114 Å². The van der Waals surface area contributed by atoms with Crippen LogP contribution in [0.15, 0.2) is 23.1 Å². The lowest BCUT2D eigenvalue weighted by molar-refractivity contribution is 0.107. The summed E-state index contributed by atoms with van der Waals surface area (Å²) >= 11 is 0. The molecule has 1 aliphatic rings. The Kier molecular flexibility index (Phi) is 4.13. The molecule has 106 valence electrons. The van der Waals surface area contributed by atoms with E-state index in [4.69, 9.17) is 10.5 Å². The van der Waals surface area contributed by atoms with Gasteiger partial charge in [0.1, 0.15) is 4.90 Å². The number of anilines is 1. The first kappa shape index (κ1) is 14.3. The van der Waals surface area contributed by atoms with E-state index in [-0.39, 0.29) is 22.7 Å². The van der Waals surface area contributed by atoms with E-state index in [1.807, 2.05) is 0 Å². The smallest absolute Gasteiger partial charge is 0.243 e. The molecule has 0 radical (unpaired) electrons. The van der Waals surface area contributed by atoms with Gasteiger partial charge in [-0.2, -0.15) is 0 Å². The summed E-state index contributed by atoms with van der Waals surface area (Å²) < 4.78 is 32.8. The van der Waals surface area contributed by atoms with Gasteiger partial charge in [-0.15, -0.1) is 0 Å². The standard InChI is InChI=1S/C13H20N2O3S/c1-9-4-3-5-12(14)13(9)19(16,17)15-10-6-7-11(8-10)18-2/h3-5,10-11,15H,6-8,14H2,1-2H3. The number of nitrogens with two attached hydrogens (primary N) is 1. The van der Waals surface area contributed by atoms with Crippen molar-refractivity contribution in [2.75, 3.05) is 12.8 Å². The van der Waals surface area contributed by atoms with Crippen molar-refractivity contribution in [3.63, 3.8) is 0 Å². The Morgan fingerprint density at radius 1 is 1.37 bits per heavy atom. The zero-order valence-electron chi connectivity index (χ0n) is 11.2. The summed E-state index contributed by atoms with van der Waals surface area (Å²) in [5.74, 6) is 0. The summed E-state index contributed by atoms with van der Waals surface area (Å²) in [6.45, 7) is 1.75. The van der Waals surface area contributed by atoms with Gasteiger partial charge in [0, 0.05) is 13.2 Å². The molecule has 0 heterocycles. The van der Waals surface area contributed by atoms with E-state index in [1.165, 1.54) is 0 Å². The molecule has 1 fully saturated rings. The van der Waals surface area contributed by atoms with Crippen LogP contribution in [-0.4, -0.2) is 27.7 Å². The highest BCUT2D eigenvalue weighted by Gasteiger charge is 2.30. The van der Waals surface area contributed by atoms with Crippen LogP contribution in [0.3, 0.4) is 0 Å². The second kappa shape index (κ2) is 5.48. The second-order valence-electron chi connectivity index (χ2n) is 4.98. The summed E-state index contributed by atoms with van der Waals surface area (Å²) in [7, 11) is -1.91. The molecule has 0 saturated heterocycles. The van der Waals surface area contributed by atoms with E-state index >= 15 is 0 Å². The van der Waals surface area contributed by atoms with Crippen molar-refractivity contribution < 1.29 is 13.2 Å². The molecule has 2 unspecified atom stereocenters. The molecule has 5 nitrogen and oxygen atoms in total. The fourth-order valence-electron chi connectivity index (χ4n) is 2.58. The van der Waals surface area contributed by atoms with E-state index in [2.05, 4.69) is 4.72 Å². The molecule has 2 rings (SSSR count). The van der Waals surface area contributed by atoms with Crippen LogP contribution in [-0.2, 0) is 14.8 Å². The summed E-state index contributed by atoms with van der Waals surface area (Å²) in [5.41, 5.74) is 6.74. The quantitative estimate of drug-likeness (QED) is 0.819. The molecule has 6 heteroatoms. The highest BCUT2D eigenvalue weighted by atomic mass is 32.2. The van der Waals surface area contributed by atoms with Crippen molar-refractivity contribution in [1.82, 2.24) is 4.72 Å². The molecule has 3 N–H and O–H groups in total. The zero-order valence-corrected chi connectivity index (χ0v) is 12.0. The number of rotatable bonds is 4. The first-order valence-corrected chi connectivity index (χ1v) is 7.82. The molecular formula is C13H20N2O3S. The van der Waals surface area contributed by atoms with Crippen LogP contribution in [0, 0.1) is 6.92 Å². The van der Waals surface area contributed by atoms with Crippen molar-refractivity contribution in [3.05, 3.63) is 23.8 Å². The first-order valence-electron chi connectivity index (χ1n) is 6.34. The largest absolute Gasteiger partial charge is 0.398 e. The normalized spacial score (nSPS) is 23.7. The van der Waals surface area contributed by atoms with E-state index in [0.717, 1.165) is 12.8 Å². The SMILES string of the molecule is COC1CCC(NS(=O)(=O)c2c(C)cccc2N)C1. The molecule has 0 aliphatic heterocycles. The molecule has 1 saturated carbocycles. The molecular weight excluding hydrogens is 264 g/mol. The maximum atomic E-state index is 12.4. The average Bonchev–Trinajstić information content (AvgIpc) is 2.75. The minimum Gasteiger partial charge on any atom is -0.398 e. The van der Waals surface area contributed by atoms with Crippen LogP contribution in [0.25, 0.3) is 0 Å². The highest BCUT2D eigenvalue weighted by Crippen LogP contribution is 2.26. The number of benzene rings is 1. The van der Waals surface area contributed by atoms with Gasteiger partial charge in [-0.05, 0) is 37.8 Å². The van der Waals surface area contributed by atoms with Gasteiger partial charge in [0.05, 0.1) is 11.8 Å². The predicted octanol–water partition coefficient (Wildman–Crippen LogP) is 1.42. The lowest BCUT2D eigenvalue weighted by Gasteiger charge is -2.16. The van der Waals surface area contributed by atoms with Crippen LogP contribution in [0.1, 0.15) is 24.8 Å². The Balaban J connectivity index is 2.20. The number of sulfonamides is 1. The highest BCUT2D eigenvalue weighted by molar-refractivity contribution is 7.89. The number of methoxy groups -OCH3 is 1. The van der Waals surface area contributed by atoms with E-state index < -0.39 is 10.0 Å². The second-order valence-corrected chi connectivity index (χ2v) is 6.63. The van der Waals surface area contributed by atoms with Crippen LogP contribution >= 0.6 is 0 Å². The predicted molar refractivity (Wildman–Crippen MR) is 74.3 cm³/mol. The third-order valence-electron chi connectivity index (χ3n) is 3.55. The third kappa shape index (κ3) is 3.08. The number of aryl methyl sites for hydroxylation is 1. The summed E-state index contributed by atoms with van der Waals surface area (Å²) in [4.78, 5) is 0.191. The first-order chi connectivity index (χ1) is 8.94. The maximum Gasteiger partial charge on any atom is 0.243 e. The monoisotopic (exact) mass is 284 g/mol. The Bertz CT molecular complexity index is 537. The lowest BCUT2D eigenvalue weighted by Crippen LogP contribution is -2.34. The van der Waals surface area contributed by atoms with Crippen molar-refractivity contribution >= 4 is 15.7 Å². The Morgan fingerprint density at radius 2 is 2.11 bits per heavy atom. The molecule has 0 bridgehead atoms. The fraction of sp³-hybridized carbons (Fsp3) is 0.538. The number of nitrogen functional groups attached to an aromatic ring is 1. The van der Waals surface area contributed by atoms with Gasteiger partial charge in [-0.25, -0.2) is 13.1 Å². The van der Waals surface area contributed by atoms with Crippen molar-refractivity contribution in [1.29, 1.82) is 0 Å². The van der Waals surface area contributed by atoms with Crippen LogP contribution in [0.4, 0.5) is 5.69 Å². The van der Waals surface area contributed by atoms with Gasteiger partial charge >= 0.3 is 0 Å². The molecule has 2 atom stereocenters. The van der Waals surface area contributed by atoms with Gasteiger partial charge in [0.2, 0.25) is 10.0 Å². The summed E-state index contributed by atoms with van der Waals surface area (Å²) in [5, 5.41) is 0. The number of ether oxygens (including phenoxy) is 1. The topological polar surface area (TPSA) is 81.4 Å². The number of nitrogens with one attached hydrogen (secondary N) is 1. The van der Waals surface area contributed by atoms with Crippen molar-refractivity contribution in [2.45, 2.75) is 43.2 Å². The zero-order chi connectivity index (χ0) is 14.0. The molecule has 0 aromatic heterocycles. The van der Waals surface area contributed by atoms with Gasteiger partial charge in [-0.3, -0.25) is 0 Å². The number of hydrogen-bond donors (Lipinski definition) is 2. The summed E-state index contributed by atoms with van der Waals surface area (Å²) in [6, 6.07) is 5.03. The lowest BCUT2D eigenvalue weighted by atomic mass is 10.2. The molecule has 1 aliphatic carbocycles. The van der Waals surface area contributed by atoms with Gasteiger partial charge in [0.25, 0.3) is 0 Å². The third-order valence-corrected chi connectivity index (χ3v) is 5.29. The number of hydrogen-bond acceptors (Lipinski definition) is 4. The van der Waals surface area contributed by atoms with E-state index in [1.54, 1.807) is 32.2 Å². The van der Waals surface area contributed by atoms with E-state index in [9.17, 15) is 8.42 Å². The Hall–Kier alpha value is -1.11. The van der Waals surface area contributed by atoms with Crippen LogP contribution in [0.5, 0.6) is 0 Å². The van der Waals surface area contributed by atoms with Gasteiger partial charge in [-0.1, -0.05) is 12.1 Å². The van der Waals surface area contributed by atoms with Crippen molar-refractivity contribution in [2.24, 2.45) is 0 Å². The Morgan fingerprint density at radius 3 is 2.68 bits per heavy atom. The molecule has 0 amide bonds. The molecule has 1 aromatic carbocycles. The van der Waals surface area contributed by atoms with Crippen LogP contribution < -0.4 is 10.5 Å². The molecule has 19 heavy (non-hydrogen) atoms. The fourth-order valence-corrected chi connectivity index (χ4v) is 4.22. The van der Waals surface area contributed by atoms with Crippen molar-refractivity contribution in [3.8, 4) is 0 Å². The maximum absolute atomic E-state index is 12.4. The molecule has 0 spiro atoms. The van der Waals surface area contributed by atoms with Gasteiger partial charge < -0.3 is 10.5 Å².